The first-order valence-corrected chi connectivity index (χ1v) is 9.40. The van der Waals surface area contributed by atoms with E-state index in [4.69, 9.17) is 9.47 Å². The third-order valence-corrected chi connectivity index (χ3v) is 5.00. The SMILES string of the molecule is COc1cc(OC)cc(C(=O)NC(C(=O)NC2CNCCC2C)C(C)C)c1. The number of piperidine rings is 1. The van der Waals surface area contributed by atoms with Gasteiger partial charge in [-0.15, -0.1) is 0 Å². The molecule has 1 aromatic carbocycles. The first kappa shape index (κ1) is 21.0. The average Bonchev–Trinajstić information content (AvgIpc) is 2.66. The Labute approximate surface area is 161 Å². The van der Waals surface area contributed by atoms with Gasteiger partial charge in [0.05, 0.1) is 14.2 Å². The van der Waals surface area contributed by atoms with Gasteiger partial charge in [-0.25, -0.2) is 0 Å². The van der Waals surface area contributed by atoms with Gasteiger partial charge in [0.25, 0.3) is 5.91 Å². The molecule has 1 saturated heterocycles. The lowest BCUT2D eigenvalue weighted by molar-refractivity contribution is -0.125. The maximum atomic E-state index is 12.8. The Morgan fingerprint density at radius 3 is 2.30 bits per heavy atom. The number of carbonyl (C=O) groups is 2. The number of carbonyl (C=O) groups excluding carboxylic acids is 2. The number of hydrogen-bond acceptors (Lipinski definition) is 5. The van der Waals surface area contributed by atoms with Crippen LogP contribution < -0.4 is 25.4 Å². The number of hydrogen-bond donors (Lipinski definition) is 3. The smallest absolute Gasteiger partial charge is 0.252 e. The molecule has 0 radical (unpaired) electrons. The number of nitrogens with one attached hydrogen (secondary N) is 3. The maximum absolute atomic E-state index is 12.8. The number of rotatable bonds is 7. The Morgan fingerprint density at radius 1 is 1.15 bits per heavy atom. The van der Waals surface area contributed by atoms with Crippen LogP contribution in [-0.4, -0.2) is 51.2 Å². The monoisotopic (exact) mass is 377 g/mol. The molecule has 150 valence electrons. The fraction of sp³-hybridized carbons (Fsp3) is 0.600. The third-order valence-electron chi connectivity index (χ3n) is 5.00. The summed E-state index contributed by atoms with van der Waals surface area (Å²) in [5, 5.41) is 9.24. The molecule has 0 aromatic heterocycles. The summed E-state index contributed by atoms with van der Waals surface area (Å²) in [6.07, 6.45) is 1.02. The number of amides is 2. The van der Waals surface area contributed by atoms with Gasteiger partial charge in [-0.2, -0.15) is 0 Å². The second-order valence-corrected chi connectivity index (χ2v) is 7.38. The van der Waals surface area contributed by atoms with E-state index in [2.05, 4.69) is 22.9 Å². The molecular formula is C20H31N3O4. The van der Waals surface area contributed by atoms with E-state index in [0.717, 1.165) is 19.5 Å². The van der Waals surface area contributed by atoms with Crippen molar-refractivity contribution in [3.05, 3.63) is 23.8 Å². The topological polar surface area (TPSA) is 88.7 Å². The molecule has 0 bridgehead atoms. The quantitative estimate of drug-likeness (QED) is 0.671. The van der Waals surface area contributed by atoms with E-state index in [1.165, 1.54) is 14.2 Å². The molecule has 2 amide bonds. The van der Waals surface area contributed by atoms with Gasteiger partial charge in [-0.05, 0) is 36.9 Å². The van der Waals surface area contributed by atoms with E-state index in [0.29, 0.717) is 23.0 Å². The van der Waals surface area contributed by atoms with E-state index in [9.17, 15) is 9.59 Å². The third kappa shape index (κ3) is 5.60. The molecule has 1 aliphatic rings. The first-order valence-electron chi connectivity index (χ1n) is 9.40. The van der Waals surface area contributed by atoms with Crippen molar-refractivity contribution in [2.75, 3.05) is 27.3 Å². The highest BCUT2D eigenvalue weighted by molar-refractivity contribution is 5.98. The normalized spacial score (nSPS) is 20.7. The van der Waals surface area contributed by atoms with Gasteiger partial charge in [0.2, 0.25) is 5.91 Å². The summed E-state index contributed by atoms with van der Waals surface area (Å²) in [6, 6.07) is 4.40. The van der Waals surface area contributed by atoms with Gasteiger partial charge in [0.1, 0.15) is 17.5 Å². The van der Waals surface area contributed by atoms with Gasteiger partial charge in [-0.3, -0.25) is 9.59 Å². The predicted octanol–water partition coefficient (Wildman–Crippen LogP) is 1.57. The van der Waals surface area contributed by atoms with Crippen LogP contribution in [0.15, 0.2) is 18.2 Å². The number of ether oxygens (including phenoxy) is 2. The standard InChI is InChI=1S/C20H31N3O4/c1-12(2)18(20(25)22-17-11-21-7-6-13(17)3)23-19(24)14-8-15(26-4)10-16(9-14)27-5/h8-10,12-13,17-18,21H,6-7,11H2,1-5H3,(H,22,25)(H,23,24). The van der Waals surface area contributed by atoms with Crippen molar-refractivity contribution in [2.24, 2.45) is 11.8 Å². The summed E-state index contributed by atoms with van der Waals surface area (Å²) in [5.74, 6) is 0.901. The van der Waals surface area contributed by atoms with Crippen LogP contribution in [0.25, 0.3) is 0 Å². The lowest BCUT2D eigenvalue weighted by atomic mass is 9.93. The Kier molecular flexibility index (Phi) is 7.47. The molecule has 7 nitrogen and oxygen atoms in total. The highest BCUT2D eigenvalue weighted by Crippen LogP contribution is 2.22. The molecule has 1 aromatic rings. The molecule has 0 spiro atoms. The average molecular weight is 377 g/mol. The highest BCUT2D eigenvalue weighted by Gasteiger charge is 2.29. The molecule has 3 N–H and O–H groups in total. The Hall–Kier alpha value is -2.28. The first-order chi connectivity index (χ1) is 12.8. The van der Waals surface area contributed by atoms with Crippen molar-refractivity contribution in [3.8, 4) is 11.5 Å². The molecule has 0 saturated carbocycles. The summed E-state index contributed by atoms with van der Waals surface area (Å²) >= 11 is 0. The lowest BCUT2D eigenvalue weighted by Crippen LogP contribution is -2.56. The minimum atomic E-state index is -0.621. The van der Waals surface area contributed by atoms with Crippen LogP contribution >= 0.6 is 0 Å². The van der Waals surface area contributed by atoms with Gasteiger partial charge >= 0.3 is 0 Å². The van der Waals surface area contributed by atoms with Crippen molar-refractivity contribution in [1.82, 2.24) is 16.0 Å². The molecule has 0 aliphatic carbocycles. The zero-order valence-corrected chi connectivity index (χ0v) is 16.8. The lowest BCUT2D eigenvalue weighted by Gasteiger charge is -2.32. The molecule has 3 atom stereocenters. The van der Waals surface area contributed by atoms with Crippen molar-refractivity contribution in [2.45, 2.75) is 39.3 Å². The van der Waals surface area contributed by atoms with Gasteiger partial charge in [0.15, 0.2) is 0 Å². The minimum Gasteiger partial charge on any atom is -0.497 e. The van der Waals surface area contributed by atoms with Crippen LogP contribution in [0.1, 0.15) is 37.6 Å². The fourth-order valence-corrected chi connectivity index (χ4v) is 3.15. The Bertz CT molecular complexity index is 640. The van der Waals surface area contributed by atoms with Gasteiger partial charge in [0, 0.05) is 24.2 Å². The van der Waals surface area contributed by atoms with E-state index < -0.39 is 6.04 Å². The largest absolute Gasteiger partial charge is 0.497 e. The number of methoxy groups -OCH3 is 2. The molecule has 27 heavy (non-hydrogen) atoms. The van der Waals surface area contributed by atoms with Crippen LogP contribution in [0.2, 0.25) is 0 Å². The summed E-state index contributed by atoms with van der Waals surface area (Å²) in [5.41, 5.74) is 0.386. The van der Waals surface area contributed by atoms with Crippen molar-refractivity contribution >= 4 is 11.8 Å². The van der Waals surface area contributed by atoms with E-state index in [1.54, 1.807) is 18.2 Å². The van der Waals surface area contributed by atoms with Crippen molar-refractivity contribution in [1.29, 1.82) is 0 Å². The van der Waals surface area contributed by atoms with Crippen LogP contribution in [0.4, 0.5) is 0 Å². The van der Waals surface area contributed by atoms with Crippen LogP contribution in [-0.2, 0) is 4.79 Å². The van der Waals surface area contributed by atoms with Gasteiger partial charge < -0.3 is 25.4 Å². The summed E-state index contributed by atoms with van der Waals surface area (Å²) in [7, 11) is 3.06. The van der Waals surface area contributed by atoms with Crippen LogP contribution in [0.3, 0.4) is 0 Å². The fourth-order valence-electron chi connectivity index (χ4n) is 3.15. The zero-order chi connectivity index (χ0) is 20.0. The molecule has 3 unspecified atom stereocenters. The minimum absolute atomic E-state index is 0.0479. The number of benzene rings is 1. The Balaban J connectivity index is 2.10. The van der Waals surface area contributed by atoms with Crippen LogP contribution in [0.5, 0.6) is 11.5 Å². The van der Waals surface area contributed by atoms with E-state index >= 15 is 0 Å². The van der Waals surface area contributed by atoms with Crippen LogP contribution in [0, 0.1) is 11.8 Å². The molecule has 7 heteroatoms. The summed E-state index contributed by atoms with van der Waals surface area (Å²) in [4.78, 5) is 25.6. The Morgan fingerprint density at radius 2 is 1.78 bits per heavy atom. The molecule has 2 rings (SSSR count). The van der Waals surface area contributed by atoms with E-state index in [-0.39, 0.29) is 23.8 Å². The van der Waals surface area contributed by atoms with Gasteiger partial charge in [-0.1, -0.05) is 20.8 Å². The summed E-state index contributed by atoms with van der Waals surface area (Å²) < 4.78 is 10.4. The predicted molar refractivity (Wildman–Crippen MR) is 104 cm³/mol. The molecule has 1 fully saturated rings. The maximum Gasteiger partial charge on any atom is 0.252 e. The summed E-state index contributed by atoms with van der Waals surface area (Å²) in [6.45, 7) is 7.68. The van der Waals surface area contributed by atoms with Crippen molar-refractivity contribution in [3.63, 3.8) is 0 Å². The second kappa shape index (κ2) is 9.60. The van der Waals surface area contributed by atoms with E-state index in [1.807, 2.05) is 13.8 Å². The zero-order valence-electron chi connectivity index (χ0n) is 16.8. The second-order valence-electron chi connectivity index (χ2n) is 7.38. The highest BCUT2D eigenvalue weighted by atomic mass is 16.5. The van der Waals surface area contributed by atoms with Crippen molar-refractivity contribution < 1.29 is 19.1 Å². The molecule has 1 aliphatic heterocycles. The molecule has 1 heterocycles. The molecular weight excluding hydrogens is 346 g/mol.